The minimum atomic E-state index is -0.784. The summed E-state index contributed by atoms with van der Waals surface area (Å²) in [4.78, 5) is 7.63. The van der Waals surface area contributed by atoms with Crippen molar-refractivity contribution in [1.29, 1.82) is 0 Å². The summed E-state index contributed by atoms with van der Waals surface area (Å²) in [6.07, 6.45) is 31.4. The Balaban J connectivity index is 0.000000117. The van der Waals surface area contributed by atoms with Crippen molar-refractivity contribution in [2.24, 2.45) is 0 Å². The first-order valence-electron chi connectivity index (χ1n) is 41.2. The van der Waals surface area contributed by atoms with E-state index in [1.807, 2.05) is 20.8 Å². The Morgan fingerprint density at radius 2 is 0.547 bits per heavy atom. The Bertz CT molecular complexity index is 4390. The second-order valence-corrected chi connectivity index (χ2v) is 43.1. The van der Waals surface area contributed by atoms with Gasteiger partial charge in [-0.05, 0) is 271 Å². The van der Waals surface area contributed by atoms with E-state index in [2.05, 4.69) is 196 Å². The van der Waals surface area contributed by atoms with Gasteiger partial charge in [-0.2, -0.15) is 0 Å². The summed E-state index contributed by atoms with van der Waals surface area (Å²) in [5.74, 6) is 13.5. The zero-order chi connectivity index (χ0) is 73.7. The third kappa shape index (κ3) is 18.3. The minimum Gasteiger partial charge on any atom is -0.389 e. The van der Waals surface area contributed by atoms with Crippen LogP contribution in [-0.4, -0.2) is 83.1 Å². The summed E-state index contributed by atoms with van der Waals surface area (Å²) in [5, 5.41) is 66.8. The van der Waals surface area contributed by atoms with Crippen molar-refractivity contribution in [3.63, 3.8) is 0 Å². The van der Waals surface area contributed by atoms with Gasteiger partial charge >= 0.3 is 0 Å². The Labute approximate surface area is 650 Å². The molecule has 5 aliphatic heterocycles. The van der Waals surface area contributed by atoms with E-state index in [9.17, 15) is 25.5 Å². The van der Waals surface area contributed by atoms with Crippen LogP contribution in [0, 0.1) is 0 Å². The van der Waals surface area contributed by atoms with Gasteiger partial charge in [-0.3, -0.25) is 0 Å². The highest BCUT2D eigenvalue weighted by Gasteiger charge is 2.39. The van der Waals surface area contributed by atoms with Crippen LogP contribution >= 0.6 is 0 Å². The summed E-state index contributed by atoms with van der Waals surface area (Å²) in [6.45, 7) is 9.75. The first kappa shape index (κ1) is 79.1. The number of aliphatic hydroxyl groups is 5. The summed E-state index contributed by atoms with van der Waals surface area (Å²) < 4.78 is 0. The molecule has 5 N–H and O–H groups in total. The summed E-state index contributed by atoms with van der Waals surface area (Å²) in [6, 6.07) is 65.9. The Morgan fingerprint density at radius 1 is 0.302 bits per heavy atom. The van der Waals surface area contributed by atoms with Gasteiger partial charge in [-0.15, -0.1) is 0 Å². The van der Waals surface area contributed by atoms with Gasteiger partial charge in [0.25, 0.3) is 0 Å². The molecule has 106 heavy (non-hydrogen) atoms. The molecule has 1 atom stereocenters. The quantitative estimate of drug-likeness (QED) is 0.0785. The van der Waals surface area contributed by atoms with E-state index in [4.69, 9.17) is 0 Å². The molecule has 0 amide bonds. The van der Waals surface area contributed by atoms with Crippen LogP contribution < -0.4 is 0 Å². The maximum absolute atomic E-state index is 11.2. The number of rotatable bonds is 12. The standard InChI is InChI=1S/C21H27OS.C20H25OS.C20H27OS.C18H23OS.C17H21OS/c22-21(13-5-1-6-14-21)19-11-12-20(23-15-7-2-8-16-23)18-10-4-3-9-17(18)19;21-20(12-4-5-13-20)18-10-11-19(22-14-6-1-7-15-22)17-9-3-2-8-16(17)18;1-3-20(21,4-2)18-12-13-19(22-14-8-5-9-15-22)17-11-7-6-10-16(17)18;1-18(2,19)16-10-11-17(20-12-6-3-7-13-20)15-9-5-4-8-14(15)16;1-13(18)14-9-10-17(19-11-5-2-6-12-19)16-8-4-3-7-15(14)16/h3-4,9-12,22H,1-2,5-8,13-16H2;2-3,8-11,21H,1,4-7,12-15H2;6-7,10-13,21H,3-5,8-9,14-15H2,1-2H3;4-5,8-11,19H,3,6-7,12-13H2,1-2H3;3-4,7-10,13,18H,2,5-6,11-12H2,1H3/q5*+1. The van der Waals surface area contributed by atoms with Gasteiger partial charge in [-0.1, -0.05) is 167 Å². The van der Waals surface area contributed by atoms with E-state index < -0.39 is 28.5 Å². The maximum atomic E-state index is 11.2. The van der Waals surface area contributed by atoms with Gasteiger partial charge in [0.05, 0.1) is 28.5 Å². The lowest BCUT2D eigenvalue weighted by molar-refractivity contribution is 0.000718. The van der Waals surface area contributed by atoms with E-state index >= 15 is 0 Å². The normalized spacial score (nSPS) is 19.6. The van der Waals surface area contributed by atoms with Gasteiger partial charge in [0, 0.05) is 81.4 Å². The zero-order valence-electron chi connectivity index (χ0n) is 64.6. The predicted octanol–water partition coefficient (Wildman–Crippen LogP) is 23.2. The molecule has 0 radical (unpaired) electrons. The molecule has 5 nitrogen and oxygen atoms in total. The zero-order valence-corrected chi connectivity index (χ0v) is 68.7. The highest BCUT2D eigenvalue weighted by atomic mass is 32.2. The van der Waals surface area contributed by atoms with Crippen LogP contribution in [0.2, 0.25) is 0 Å². The molecule has 1 unspecified atom stereocenters. The Hall–Kier alpha value is -4.95. The second kappa shape index (κ2) is 36.9. The first-order valence-corrected chi connectivity index (χ1v) is 49.0. The van der Waals surface area contributed by atoms with Crippen molar-refractivity contribution in [2.75, 3.05) is 57.5 Å². The molecule has 10 heteroatoms. The number of hydrogen-bond donors (Lipinski definition) is 5. The van der Waals surface area contributed by atoms with E-state index in [0.29, 0.717) is 54.5 Å². The monoisotopic (exact) mass is 1520 g/mol. The molecule has 562 valence electrons. The lowest BCUT2D eigenvalue weighted by Gasteiger charge is -2.33. The maximum Gasteiger partial charge on any atom is 0.162 e. The highest BCUT2D eigenvalue weighted by Crippen LogP contribution is 2.46. The van der Waals surface area contributed by atoms with E-state index in [0.717, 1.165) is 80.9 Å². The minimum absolute atomic E-state index is 0.395. The van der Waals surface area contributed by atoms with Crippen molar-refractivity contribution in [1.82, 2.24) is 0 Å². The Kier molecular flexibility index (Phi) is 27.6. The molecular weight excluding hydrogens is 1390 g/mol. The fraction of sp³-hybridized carbons (Fsp3) is 0.479. The molecule has 0 bridgehead atoms. The van der Waals surface area contributed by atoms with Crippen LogP contribution in [0.15, 0.2) is 206 Å². The lowest BCUT2D eigenvalue weighted by atomic mass is 9.78. The van der Waals surface area contributed by atoms with E-state index in [-0.39, 0.29) is 0 Å². The third-order valence-electron chi connectivity index (χ3n) is 24.3. The lowest BCUT2D eigenvalue weighted by Crippen LogP contribution is -2.29. The van der Waals surface area contributed by atoms with Crippen molar-refractivity contribution in [3.05, 3.63) is 210 Å². The number of hydrogen-bond acceptors (Lipinski definition) is 5. The van der Waals surface area contributed by atoms with Gasteiger partial charge in [-0.25, -0.2) is 0 Å². The molecular formula is C96H123O5S5+5. The van der Waals surface area contributed by atoms with Gasteiger partial charge < -0.3 is 25.5 Å². The van der Waals surface area contributed by atoms with Crippen molar-refractivity contribution >= 4 is 108 Å². The summed E-state index contributed by atoms with van der Waals surface area (Å²) in [7, 11) is 2.03. The first-order chi connectivity index (χ1) is 51.6. The van der Waals surface area contributed by atoms with Crippen molar-refractivity contribution in [3.8, 4) is 0 Å². The second-order valence-electron chi connectivity index (χ2n) is 31.9. The fourth-order valence-corrected chi connectivity index (χ4v) is 30.8. The number of benzene rings is 10. The van der Waals surface area contributed by atoms with Crippen LogP contribution in [0.4, 0.5) is 0 Å². The average Bonchev–Trinajstić information content (AvgIpc) is 0.915. The van der Waals surface area contributed by atoms with Crippen LogP contribution in [-0.2, 0) is 76.9 Å². The third-order valence-corrected chi connectivity index (χ3v) is 37.0. The summed E-state index contributed by atoms with van der Waals surface area (Å²) in [5.41, 5.74) is 2.87. The molecule has 10 aromatic carbocycles. The topological polar surface area (TPSA) is 101 Å². The van der Waals surface area contributed by atoms with Crippen LogP contribution in [0.3, 0.4) is 0 Å². The van der Waals surface area contributed by atoms with E-state index in [1.54, 1.807) is 9.79 Å². The number of aliphatic hydroxyl groups excluding tert-OH is 1. The van der Waals surface area contributed by atoms with E-state index in [1.165, 1.54) is 240 Å². The molecule has 17 rings (SSSR count). The molecule has 7 aliphatic rings. The SMILES string of the molecule is CC(C)(O)c1ccc([S+]2CCCCC2)c2ccccc12.CC(O)c1ccc([S+]2CCCCC2)c2ccccc12.CCC(O)(CC)c1ccc([S+]2CCCCC2)c2ccccc12.OC1(c2ccc([S+]3CCCCC3)c3ccccc23)CCCC1.OC1(c2ccc([S+]3CCCCC3)c3ccccc23)CCCCC1. The number of fused-ring (bicyclic) bond motifs is 5. The summed E-state index contributed by atoms with van der Waals surface area (Å²) >= 11 is 0. The predicted molar refractivity (Wildman–Crippen MR) is 466 cm³/mol. The molecule has 5 saturated heterocycles. The smallest absolute Gasteiger partial charge is 0.162 e. The molecule has 0 spiro atoms. The van der Waals surface area contributed by atoms with Gasteiger partial charge in [0.2, 0.25) is 0 Å². The molecule has 5 heterocycles. The highest BCUT2D eigenvalue weighted by molar-refractivity contribution is 7.98. The van der Waals surface area contributed by atoms with Crippen LogP contribution in [0.1, 0.15) is 235 Å². The Morgan fingerprint density at radius 3 is 0.868 bits per heavy atom. The largest absolute Gasteiger partial charge is 0.389 e. The van der Waals surface area contributed by atoms with Crippen molar-refractivity contribution in [2.45, 2.75) is 255 Å². The molecule has 7 fully saturated rings. The van der Waals surface area contributed by atoms with Gasteiger partial charge in [0.15, 0.2) is 24.5 Å². The van der Waals surface area contributed by atoms with Crippen LogP contribution in [0.5, 0.6) is 0 Å². The van der Waals surface area contributed by atoms with Gasteiger partial charge in [0.1, 0.15) is 57.5 Å². The molecule has 2 aliphatic carbocycles. The average molecular weight is 1520 g/mol. The molecule has 2 saturated carbocycles. The fourth-order valence-electron chi connectivity index (χ4n) is 18.3. The molecule has 0 aromatic heterocycles. The molecule has 10 aromatic rings. The van der Waals surface area contributed by atoms with Crippen molar-refractivity contribution < 1.29 is 25.5 Å². The van der Waals surface area contributed by atoms with Crippen LogP contribution in [0.25, 0.3) is 53.9 Å².